The van der Waals surface area contributed by atoms with Gasteiger partial charge in [-0.1, -0.05) is 0 Å². The Bertz CT molecular complexity index is 151. The fourth-order valence-corrected chi connectivity index (χ4v) is 0.458. The highest BCUT2D eigenvalue weighted by Gasteiger charge is 2.17. The second kappa shape index (κ2) is 1.45. The number of Topliss-reactive ketones (excluding diaryl/α,β-unsaturated/α-hetero) is 1. The first-order chi connectivity index (χ1) is 3.70. The van der Waals surface area contributed by atoms with Crippen molar-refractivity contribution in [3.8, 4) is 0 Å². The molecule has 0 amide bonds. The maximum atomic E-state index is 10.4. The summed E-state index contributed by atoms with van der Waals surface area (Å²) in [5.74, 6) is 4.84. The maximum Gasteiger partial charge on any atom is 0.221 e. The molecule has 4 N–H and O–H groups in total. The standard InChI is InChI=1S/C3H6N4O/c4-3-2(8)1-7(5)6-3/h1,5H2,(H2,4,6). The number of amidine groups is 1. The van der Waals surface area contributed by atoms with E-state index in [2.05, 4.69) is 5.10 Å². The van der Waals surface area contributed by atoms with Crippen LogP contribution in [0.25, 0.3) is 0 Å². The Hall–Kier alpha value is -1.10. The molecule has 0 spiro atoms. The lowest BCUT2D eigenvalue weighted by atomic mass is 10.4. The van der Waals surface area contributed by atoms with E-state index in [9.17, 15) is 4.79 Å². The van der Waals surface area contributed by atoms with Crippen molar-refractivity contribution in [1.82, 2.24) is 5.12 Å². The van der Waals surface area contributed by atoms with Gasteiger partial charge in [0.05, 0.1) is 0 Å². The molecule has 0 unspecified atom stereocenters. The lowest BCUT2D eigenvalue weighted by Crippen LogP contribution is -2.26. The number of nitrogens with zero attached hydrogens (tertiary/aromatic N) is 2. The molecule has 5 nitrogen and oxygen atoms in total. The molecule has 8 heavy (non-hydrogen) atoms. The zero-order valence-corrected chi connectivity index (χ0v) is 4.16. The third-order valence-corrected chi connectivity index (χ3v) is 0.827. The van der Waals surface area contributed by atoms with Gasteiger partial charge in [-0.05, 0) is 0 Å². The van der Waals surface area contributed by atoms with Crippen molar-refractivity contribution in [3.05, 3.63) is 0 Å². The largest absolute Gasteiger partial charge is 0.379 e. The highest BCUT2D eigenvalue weighted by molar-refractivity contribution is 6.40. The number of nitrogens with two attached hydrogens (primary N) is 2. The first-order valence-electron chi connectivity index (χ1n) is 2.09. The minimum absolute atomic E-state index is 0.00694. The van der Waals surface area contributed by atoms with Gasteiger partial charge in [0.2, 0.25) is 5.78 Å². The second-order valence-corrected chi connectivity index (χ2v) is 1.51. The van der Waals surface area contributed by atoms with E-state index >= 15 is 0 Å². The van der Waals surface area contributed by atoms with E-state index in [1.165, 1.54) is 0 Å². The van der Waals surface area contributed by atoms with Crippen molar-refractivity contribution in [2.75, 3.05) is 6.54 Å². The molecule has 0 aromatic heterocycles. The molecule has 0 aromatic carbocycles. The third-order valence-electron chi connectivity index (χ3n) is 0.827. The van der Waals surface area contributed by atoms with Crippen LogP contribution in [-0.4, -0.2) is 23.3 Å². The van der Waals surface area contributed by atoms with Crippen LogP contribution in [0.2, 0.25) is 0 Å². The van der Waals surface area contributed by atoms with Crippen LogP contribution in [-0.2, 0) is 4.79 Å². The molecule has 1 aliphatic rings. The smallest absolute Gasteiger partial charge is 0.221 e. The molecule has 0 aliphatic carbocycles. The molecule has 0 saturated carbocycles. The summed E-state index contributed by atoms with van der Waals surface area (Å²) in [6.07, 6.45) is 0. The van der Waals surface area contributed by atoms with Crippen molar-refractivity contribution < 1.29 is 4.79 Å². The lowest BCUT2D eigenvalue weighted by Gasteiger charge is -1.98. The third kappa shape index (κ3) is 0.627. The first kappa shape index (κ1) is 5.04. The van der Waals surface area contributed by atoms with Crippen LogP contribution in [0.3, 0.4) is 0 Å². The zero-order valence-electron chi connectivity index (χ0n) is 4.16. The van der Waals surface area contributed by atoms with Crippen LogP contribution in [0.4, 0.5) is 0 Å². The fraction of sp³-hybridized carbons (Fsp3) is 0.333. The molecule has 0 bridgehead atoms. The average molecular weight is 114 g/mol. The van der Waals surface area contributed by atoms with E-state index in [4.69, 9.17) is 11.6 Å². The van der Waals surface area contributed by atoms with Crippen LogP contribution in [0.5, 0.6) is 0 Å². The van der Waals surface area contributed by atoms with E-state index < -0.39 is 0 Å². The second-order valence-electron chi connectivity index (χ2n) is 1.51. The fourth-order valence-electron chi connectivity index (χ4n) is 0.458. The van der Waals surface area contributed by atoms with Gasteiger partial charge in [-0.15, -0.1) is 5.10 Å². The molecule has 0 radical (unpaired) electrons. The van der Waals surface area contributed by atoms with E-state index in [-0.39, 0.29) is 18.2 Å². The number of carbonyl (C=O) groups excluding carboxylic acids is 1. The van der Waals surface area contributed by atoms with Gasteiger partial charge < -0.3 is 5.73 Å². The molecule has 0 aromatic rings. The van der Waals surface area contributed by atoms with Gasteiger partial charge in [0, 0.05) is 0 Å². The monoisotopic (exact) mass is 114 g/mol. The predicted molar refractivity (Wildman–Crippen MR) is 27.5 cm³/mol. The van der Waals surface area contributed by atoms with Crippen LogP contribution in [0.1, 0.15) is 0 Å². The normalized spacial score (nSPS) is 19.4. The summed E-state index contributed by atoms with van der Waals surface area (Å²) in [7, 11) is 0. The Kier molecular flexibility index (Phi) is 0.911. The summed E-state index contributed by atoms with van der Waals surface area (Å²) in [6, 6.07) is 0. The van der Waals surface area contributed by atoms with Crippen molar-refractivity contribution in [2.24, 2.45) is 16.7 Å². The first-order valence-corrected chi connectivity index (χ1v) is 2.09. The molecule has 1 heterocycles. The van der Waals surface area contributed by atoms with Gasteiger partial charge in [-0.3, -0.25) is 4.79 Å². The number of rotatable bonds is 0. The average Bonchev–Trinajstić information content (AvgIpc) is 1.85. The molecule has 5 heteroatoms. The highest BCUT2D eigenvalue weighted by atomic mass is 16.1. The lowest BCUT2D eigenvalue weighted by molar-refractivity contribution is -0.112. The Morgan fingerprint density at radius 1 is 1.75 bits per heavy atom. The predicted octanol–water partition coefficient (Wildman–Crippen LogP) is -1.98. The van der Waals surface area contributed by atoms with Crippen molar-refractivity contribution in [1.29, 1.82) is 0 Å². The number of hydrogen-bond donors (Lipinski definition) is 2. The Labute approximate surface area is 45.9 Å². The van der Waals surface area contributed by atoms with Crippen molar-refractivity contribution >= 4 is 11.6 Å². The number of hydrazone groups is 1. The number of hydrazine groups is 1. The number of hydrogen-bond acceptors (Lipinski definition) is 5. The van der Waals surface area contributed by atoms with Gasteiger partial charge >= 0.3 is 0 Å². The summed E-state index contributed by atoms with van der Waals surface area (Å²) < 4.78 is 0. The summed E-state index contributed by atoms with van der Waals surface area (Å²) in [5, 5.41) is 4.44. The summed E-state index contributed by atoms with van der Waals surface area (Å²) in [6.45, 7) is 0.103. The number of carbonyl (C=O) groups is 1. The molecular weight excluding hydrogens is 108 g/mol. The molecule has 0 fully saturated rings. The van der Waals surface area contributed by atoms with Crippen LogP contribution in [0.15, 0.2) is 5.10 Å². The number of ketones is 1. The molecular formula is C3H6N4O. The van der Waals surface area contributed by atoms with E-state index in [0.29, 0.717) is 0 Å². The molecule has 44 valence electrons. The maximum absolute atomic E-state index is 10.4. The quantitative estimate of drug-likeness (QED) is 0.357. The Morgan fingerprint density at radius 2 is 2.38 bits per heavy atom. The topological polar surface area (TPSA) is 84.7 Å². The molecule has 1 rings (SSSR count). The van der Waals surface area contributed by atoms with Gasteiger partial charge in [-0.25, -0.2) is 11.0 Å². The minimum Gasteiger partial charge on any atom is -0.379 e. The Balaban J connectivity index is 2.73. The molecule has 0 atom stereocenters. The van der Waals surface area contributed by atoms with Crippen LogP contribution in [0, 0.1) is 0 Å². The van der Waals surface area contributed by atoms with Crippen LogP contribution >= 0.6 is 0 Å². The van der Waals surface area contributed by atoms with Crippen LogP contribution < -0.4 is 11.6 Å². The van der Waals surface area contributed by atoms with Crippen molar-refractivity contribution in [2.45, 2.75) is 0 Å². The molecule has 0 saturated heterocycles. The van der Waals surface area contributed by atoms with Gasteiger partial charge in [0.25, 0.3) is 0 Å². The van der Waals surface area contributed by atoms with E-state index in [1.54, 1.807) is 0 Å². The Morgan fingerprint density at radius 3 is 2.50 bits per heavy atom. The van der Waals surface area contributed by atoms with Crippen molar-refractivity contribution in [3.63, 3.8) is 0 Å². The van der Waals surface area contributed by atoms with Gasteiger partial charge in [-0.2, -0.15) is 0 Å². The highest BCUT2D eigenvalue weighted by Crippen LogP contribution is 1.90. The summed E-state index contributed by atoms with van der Waals surface area (Å²) in [4.78, 5) is 10.4. The van der Waals surface area contributed by atoms with Gasteiger partial charge in [0.1, 0.15) is 6.54 Å². The minimum atomic E-state index is -0.215. The van der Waals surface area contributed by atoms with E-state index in [1.807, 2.05) is 0 Å². The van der Waals surface area contributed by atoms with E-state index in [0.717, 1.165) is 5.12 Å². The SMILES string of the molecule is NC1=NN(N)CC1=O. The zero-order chi connectivity index (χ0) is 6.15. The molecule has 1 aliphatic heterocycles. The summed E-state index contributed by atoms with van der Waals surface area (Å²) >= 11 is 0. The summed E-state index contributed by atoms with van der Waals surface area (Å²) in [5.41, 5.74) is 5.05. The van der Waals surface area contributed by atoms with Gasteiger partial charge in [0.15, 0.2) is 5.84 Å².